The number of piperidine rings is 1. The van der Waals surface area contributed by atoms with Crippen LogP contribution < -0.4 is 10.0 Å². The van der Waals surface area contributed by atoms with E-state index in [4.69, 9.17) is 0 Å². The highest BCUT2D eigenvalue weighted by molar-refractivity contribution is 7.89. The Bertz CT molecular complexity index is 570. The summed E-state index contributed by atoms with van der Waals surface area (Å²) in [5.41, 5.74) is 0. The Morgan fingerprint density at radius 1 is 1.35 bits per heavy atom. The van der Waals surface area contributed by atoms with E-state index in [0.717, 1.165) is 31.5 Å². The molecule has 0 aliphatic carbocycles. The summed E-state index contributed by atoms with van der Waals surface area (Å²) < 4.78 is 52.8. The molecule has 1 heterocycles. The SMILES string of the molecule is CC1CCC(CNS(=O)(=O)c2cc(F)ccc2F)CN1. The van der Waals surface area contributed by atoms with Gasteiger partial charge in [-0.15, -0.1) is 0 Å². The van der Waals surface area contributed by atoms with E-state index in [1.54, 1.807) is 0 Å². The molecular formula is C13H18F2N2O2S. The second-order valence-corrected chi connectivity index (χ2v) is 6.91. The van der Waals surface area contributed by atoms with Crippen LogP contribution in [-0.4, -0.2) is 27.5 Å². The van der Waals surface area contributed by atoms with Crippen molar-refractivity contribution < 1.29 is 17.2 Å². The minimum atomic E-state index is -4.02. The predicted molar refractivity (Wildman–Crippen MR) is 71.7 cm³/mol. The molecule has 1 saturated heterocycles. The van der Waals surface area contributed by atoms with Crippen molar-refractivity contribution in [2.45, 2.75) is 30.7 Å². The molecule has 1 aliphatic rings. The molecule has 0 radical (unpaired) electrons. The molecule has 0 aromatic heterocycles. The number of hydrogen-bond acceptors (Lipinski definition) is 3. The lowest BCUT2D eigenvalue weighted by atomic mass is 9.96. The van der Waals surface area contributed by atoms with Crippen molar-refractivity contribution in [3.8, 4) is 0 Å². The summed E-state index contributed by atoms with van der Waals surface area (Å²) in [7, 11) is -4.02. The minimum Gasteiger partial charge on any atom is -0.314 e. The van der Waals surface area contributed by atoms with Gasteiger partial charge >= 0.3 is 0 Å². The maximum atomic E-state index is 13.5. The molecule has 1 aliphatic heterocycles. The molecule has 0 saturated carbocycles. The van der Waals surface area contributed by atoms with E-state index in [-0.39, 0.29) is 12.5 Å². The number of nitrogens with one attached hydrogen (secondary N) is 2. The van der Waals surface area contributed by atoms with Crippen molar-refractivity contribution in [2.24, 2.45) is 5.92 Å². The first-order chi connectivity index (χ1) is 9.38. The van der Waals surface area contributed by atoms with Gasteiger partial charge in [-0.1, -0.05) is 0 Å². The summed E-state index contributed by atoms with van der Waals surface area (Å²) >= 11 is 0. The van der Waals surface area contributed by atoms with Gasteiger partial charge in [0.15, 0.2) is 0 Å². The molecule has 1 aromatic carbocycles. The average Bonchev–Trinajstić information content (AvgIpc) is 2.41. The molecular weight excluding hydrogens is 286 g/mol. The normalized spacial score (nSPS) is 23.8. The van der Waals surface area contributed by atoms with E-state index in [1.165, 1.54) is 0 Å². The summed E-state index contributed by atoms with van der Waals surface area (Å²) in [4.78, 5) is -0.644. The van der Waals surface area contributed by atoms with Crippen LogP contribution in [0.5, 0.6) is 0 Å². The van der Waals surface area contributed by atoms with E-state index in [9.17, 15) is 17.2 Å². The van der Waals surface area contributed by atoms with Gasteiger partial charge in [0.2, 0.25) is 10.0 Å². The quantitative estimate of drug-likeness (QED) is 0.889. The van der Waals surface area contributed by atoms with E-state index in [1.807, 2.05) is 0 Å². The zero-order valence-electron chi connectivity index (χ0n) is 11.2. The predicted octanol–water partition coefficient (Wildman–Crippen LogP) is 1.63. The first-order valence-electron chi connectivity index (χ1n) is 6.56. The van der Waals surface area contributed by atoms with E-state index < -0.39 is 26.6 Å². The fourth-order valence-electron chi connectivity index (χ4n) is 2.22. The molecule has 7 heteroatoms. The molecule has 112 valence electrons. The van der Waals surface area contributed by atoms with Gasteiger partial charge in [0.05, 0.1) is 0 Å². The van der Waals surface area contributed by atoms with Gasteiger partial charge in [0.1, 0.15) is 16.5 Å². The van der Waals surface area contributed by atoms with Crippen molar-refractivity contribution in [1.82, 2.24) is 10.0 Å². The largest absolute Gasteiger partial charge is 0.314 e. The molecule has 0 amide bonds. The van der Waals surface area contributed by atoms with E-state index >= 15 is 0 Å². The van der Waals surface area contributed by atoms with Crippen molar-refractivity contribution in [1.29, 1.82) is 0 Å². The molecule has 2 unspecified atom stereocenters. The van der Waals surface area contributed by atoms with Gasteiger partial charge in [-0.3, -0.25) is 0 Å². The lowest BCUT2D eigenvalue weighted by molar-refractivity contribution is 0.323. The average molecular weight is 304 g/mol. The Labute approximate surface area is 117 Å². The van der Waals surface area contributed by atoms with Crippen LogP contribution in [0.2, 0.25) is 0 Å². The first-order valence-corrected chi connectivity index (χ1v) is 8.05. The third kappa shape index (κ3) is 3.74. The molecule has 0 bridgehead atoms. The molecule has 2 atom stereocenters. The van der Waals surface area contributed by atoms with Crippen molar-refractivity contribution in [3.63, 3.8) is 0 Å². The van der Waals surface area contributed by atoms with Gasteiger partial charge in [0, 0.05) is 12.6 Å². The van der Waals surface area contributed by atoms with E-state index in [2.05, 4.69) is 17.0 Å². The number of rotatable bonds is 4. The van der Waals surface area contributed by atoms with Gasteiger partial charge in [0.25, 0.3) is 0 Å². The van der Waals surface area contributed by atoms with Gasteiger partial charge < -0.3 is 5.32 Å². The minimum absolute atomic E-state index is 0.164. The zero-order chi connectivity index (χ0) is 14.8. The molecule has 0 spiro atoms. The lowest BCUT2D eigenvalue weighted by Gasteiger charge is -2.27. The van der Waals surface area contributed by atoms with Crippen LogP contribution in [0.4, 0.5) is 8.78 Å². The third-order valence-electron chi connectivity index (χ3n) is 3.51. The standard InChI is InChI=1S/C13H18F2N2O2S/c1-9-2-3-10(7-16-9)8-17-20(18,19)13-6-11(14)4-5-12(13)15/h4-6,9-10,16-17H,2-3,7-8H2,1H3. The second kappa shape index (κ2) is 6.15. The Hall–Kier alpha value is -1.05. The Kier molecular flexibility index (Phi) is 4.72. The van der Waals surface area contributed by atoms with Crippen LogP contribution in [0.15, 0.2) is 23.1 Å². The fraction of sp³-hybridized carbons (Fsp3) is 0.538. The summed E-state index contributed by atoms with van der Waals surface area (Å²) in [6, 6.07) is 2.83. The highest BCUT2D eigenvalue weighted by atomic mass is 32.2. The fourth-order valence-corrected chi connectivity index (χ4v) is 3.42. The monoisotopic (exact) mass is 304 g/mol. The highest BCUT2D eigenvalue weighted by Crippen LogP contribution is 2.17. The number of hydrogen-bond donors (Lipinski definition) is 2. The van der Waals surface area contributed by atoms with Gasteiger partial charge in [-0.25, -0.2) is 21.9 Å². The molecule has 1 aromatic rings. The van der Waals surface area contributed by atoms with Crippen LogP contribution in [-0.2, 0) is 10.0 Å². The van der Waals surface area contributed by atoms with Crippen LogP contribution in [0.3, 0.4) is 0 Å². The summed E-state index contributed by atoms with van der Waals surface area (Å²) in [6.07, 6.45) is 1.88. The number of halogens is 2. The molecule has 2 N–H and O–H groups in total. The highest BCUT2D eigenvalue weighted by Gasteiger charge is 2.23. The molecule has 4 nitrogen and oxygen atoms in total. The van der Waals surface area contributed by atoms with Gasteiger partial charge in [-0.05, 0) is 50.4 Å². The maximum Gasteiger partial charge on any atom is 0.243 e. The van der Waals surface area contributed by atoms with E-state index in [0.29, 0.717) is 12.1 Å². The topological polar surface area (TPSA) is 58.2 Å². The van der Waals surface area contributed by atoms with Crippen LogP contribution in [0.1, 0.15) is 19.8 Å². The van der Waals surface area contributed by atoms with Crippen LogP contribution >= 0.6 is 0 Å². The number of benzene rings is 1. The second-order valence-electron chi connectivity index (χ2n) is 5.18. The van der Waals surface area contributed by atoms with Crippen molar-refractivity contribution in [2.75, 3.05) is 13.1 Å². The van der Waals surface area contributed by atoms with Crippen LogP contribution in [0, 0.1) is 17.6 Å². The van der Waals surface area contributed by atoms with Gasteiger partial charge in [-0.2, -0.15) is 0 Å². The maximum absolute atomic E-state index is 13.5. The first kappa shape index (κ1) is 15.3. The Morgan fingerprint density at radius 2 is 2.10 bits per heavy atom. The lowest BCUT2D eigenvalue weighted by Crippen LogP contribution is -2.42. The third-order valence-corrected chi connectivity index (χ3v) is 4.95. The molecule has 1 fully saturated rings. The summed E-state index contributed by atoms with van der Waals surface area (Å²) in [5.74, 6) is -1.56. The number of sulfonamides is 1. The molecule has 20 heavy (non-hydrogen) atoms. The Balaban J connectivity index is 2.02. The Morgan fingerprint density at radius 3 is 2.75 bits per heavy atom. The molecule has 2 rings (SSSR count). The van der Waals surface area contributed by atoms with Crippen molar-refractivity contribution >= 4 is 10.0 Å². The zero-order valence-corrected chi connectivity index (χ0v) is 12.0. The summed E-state index contributed by atoms with van der Waals surface area (Å²) in [5, 5.41) is 3.26. The smallest absolute Gasteiger partial charge is 0.243 e. The summed E-state index contributed by atoms with van der Waals surface area (Å²) in [6.45, 7) is 3.01. The van der Waals surface area contributed by atoms with Crippen molar-refractivity contribution in [3.05, 3.63) is 29.8 Å². The van der Waals surface area contributed by atoms with Crippen LogP contribution in [0.25, 0.3) is 0 Å².